The Morgan fingerprint density at radius 2 is 1.78 bits per heavy atom. The SMILES string of the molecule is CCc1sc(-c2ccc(OC)c(N)c2)nc1-c1ccc(C)cc1. The summed E-state index contributed by atoms with van der Waals surface area (Å²) in [6.45, 7) is 4.26. The number of aromatic nitrogens is 1. The first kappa shape index (κ1) is 15.6. The summed E-state index contributed by atoms with van der Waals surface area (Å²) in [5.74, 6) is 0.694. The summed E-state index contributed by atoms with van der Waals surface area (Å²) in [6, 6.07) is 14.3. The van der Waals surface area contributed by atoms with Crippen LogP contribution in [0.4, 0.5) is 5.69 Å². The molecule has 1 aromatic heterocycles. The lowest BCUT2D eigenvalue weighted by molar-refractivity contribution is 0.417. The molecule has 0 fully saturated rings. The number of hydrogen-bond acceptors (Lipinski definition) is 4. The van der Waals surface area contributed by atoms with E-state index in [1.807, 2.05) is 18.2 Å². The van der Waals surface area contributed by atoms with Crippen molar-refractivity contribution in [2.75, 3.05) is 12.8 Å². The van der Waals surface area contributed by atoms with Crippen LogP contribution in [-0.4, -0.2) is 12.1 Å². The maximum absolute atomic E-state index is 6.03. The summed E-state index contributed by atoms with van der Waals surface area (Å²) in [4.78, 5) is 6.16. The van der Waals surface area contributed by atoms with Gasteiger partial charge in [-0.3, -0.25) is 0 Å². The third kappa shape index (κ3) is 3.08. The predicted octanol–water partition coefficient (Wildman–Crippen LogP) is 4.94. The second-order valence-corrected chi connectivity index (χ2v) is 6.55. The highest BCUT2D eigenvalue weighted by atomic mass is 32.1. The van der Waals surface area contributed by atoms with Gasteiger partial charge in [0.2, 0.25) is 0 Å². The molecular weight excluding hydrogens is 304 g/mol. The van der Waals surface area contributed by atoms with Crippen molar-refractivity contribution >= 4 is 17.0 Å². The zero-order valence-electron chi connectivity index (χ0n) is 13.6. The van der Waals surface area contributed by atoms with Gasteiger partial charge >= 0.3 is 0 Å². The van der Waals surface area contributed by atoms with Crippen molar-refractivity contribution in [2.45, 2.75) is 20.3 Å². The lowest BCUT2D eigenvalue weighted by atomic mass is 10.1. The van der Waals surface area contributed by atoms with E-state index < -0.39 is 0 Å². The molecule has 0 bridgehead atoms. The highest BCUT2D eigenvalue weighted by Gasteiger charge is 2.14. The van der Waals surface area contributed by atoms with Crippen molar-refractivity contribution in [3.05, 3.63) is 52.9 Å². The number of benzene rings is 2. The predicted molar refractivity (Wildman–Crippen MR) is 98.1 cm³/mol. The number of rotatable bonds is 4. The van der Waals surface area contributed by atoms with Crippen molar-refractivity contribution in [1.82, 2.24) is 4.98 Å². The Bertz CT molecular complexity index is 822. The molecule has 118 valence electrons. The van der Waals surface area contributed by atoms with E-state index in [0.29, 0.717) is 11.4 Å². The first-order valence-corrected chi connectivity index (χ1v) is 8.44. The van der Waals surface area contributed by atoms with Gasteiger partial charge in [0, 0.05) is 16.0 Å². The Labute approximate surface area is 140 Å². The van der Waals surface area contributed by atoms with Crippen molar-refractivity contribution in [2.24, 2.45) is 0 Å². The third-order valence-electron chi connectivity index (χ3n) is 3.82. The first-order valence-electron chi connectivity index (χ1n) is 7.63. The third-order valence-corrected chi connectivity index (χ3v) is 5.07. The Balaban J connectivity index is 2.05. The van der Waals surface area contributed by atoms with Crippen LogP contribution in [0, 0.1) is 6.92 Å². The van der Waals surface area contributed by atoms with E-state index in [4.69, 9.17) is 15.5 Å². The molecule has 0 unspecified atom stereocenters. The fourth-order valence-electron chi connectivity index (χ4n) is 2.52. The van der Waals surface area contributed by atoms with Gasteiger partial charge in [-0.15, -0.1) is 11.3 Å². The van der Waals surface area contributed by atoms with Crippen LogP contribution in [0.5, 0.6) is 5.75 Å². The van der Waals surface area contributed by atoms with E-state index in [-0.39, 0.29) is 0 Å². The fraction of sp³-hybridized carbons (Fsp3) is 0.211. The van der Waals surface area contributed by atoms with Crippen molar-refractivity contribution in [3.63, 3.8) is 0 Å². The van der Waals surface area contributed by atoms with Crippen molar-refractivity contribution in [3.8, 4) is 27.6 Å². The van der Waals surface area contributed by atoms with Gasteiger partial charge in [0.25, 0.3) is 0 Å². The van der Waals surface area contributed by atoms with Crippen LogP contribution in [-0.2, 0) is 6.42 Å². The van der Waals surface area contributed by atoms with Gasteiger partial charge in [-0.1, -0.05) is 36.8 Å². The number of ether oxygens (including phenoxy) is 1. The molecule has 0 saturated carbocycles. The monoisotopic (exact) mass is 324 g/mol. The van der Waals surface area contributed by atoms with Gasteiger partial charge in [-0.05, 0) is 31.5 Å². The van der Waals surface area contributed by atoms with E-state index >= 15 is 0 Å². The summed E-state index contributed by atoms with van der Waals surface area (Å²) >= 11 is 1.73. The van der Waals surface area contributed by atoms with Crippen LogP contribution in [0.15, 0.2) is 42.5 Å². The largest absolute Gasteiger partial charge is 0.495 e. The Kier molecular flexibility index (Phi) is 4.35. The van der Waals surface area contributed by atoms with Crippen LogP contribution >= 0.6 is 11.3 Å². The number of aryl methyl sites for hydroxylation is 2. The van der Waals surface area contributed by atoms with Gasteiger partial charge in [0.05, 0.1) is 18.5 Å². The zero-order chi connectivity index (χ0) is 16.4. The average molecular weight is 324 g/mol. The van der Waals surface area contributed by atoms with Crippen LogP contribution in [0.1, 0.15) is 17.4 Å². The Morgan fingerprint density at radius 1 is 1.09 bits per heavy atom. The molecule has 1 heterocycles. The second kappa shape index (κ2) is 6.42. The molecule has 23 heavy (non-hydrogen) atoms. The van der Waals surface area contributed by atoms with Crippen molar-refractivity contribution < 1.29 is 4.74 Å². The van der Waals surface area contributed by atoms with Gasteiger partial charge in [-0.25, -0.2) is 4.98 Å². The summed E-state index contributed by atoms with van der Waals surface area (Å²) in [6.07, 6.45) is 0.965. The minimum atomic E-state index is 0.634. The van der Waals surface area contributed by atoms with Crippen molar-refractivity contribution in [1.29, 1.82) is 0 Å². The highest BCUT2D eigenvalue weighted by molar-refractivity contribution is 7.15. The number of nitrogen functional groups attached to an aromatic ring is 1. The lowest BCUT2D eigenvalue weighted by Crippen LogP contribution is -1.92. The minimum absolute atomic E-state index is 0.634. The minimum Gasteiger partial charge on any atom is -0.495 e. The summed E-state index contributed by atoms with van der Waals surface area (Å²) in [7, 11) is 1.62. The maximum atomic E-state index is 6.03. The number of methoxy groups -OCH3 is 1. The maximum Gasteiger partial charge on any atom is 0.141 e. The number of thiazole rings is 1. The smallest absolute Gasteiger partial charge is 0.141 e. The van der Waals surface area contributed by atoms with Gasteiger partial charge in [0.15, 0.2) is 0 Å². The molecule has 3 aromatic rings. The number of nitrogens with zero attached hydrogens (tertiary/aromatic N) is 1. The molecule has 0 atom stereocenters. The zero-order valence-corrected chi connectivity index (χ0v) is 14.4. The fourth-order valence-corrected chi connectivity index (χ4v) is 3.54. The molecule has 4 heteroatoms. The Morgan fingerprint density at radius 3 is 2.39 bits per heavy atom. The summed E-state index contributed by atoms with van der Waals surface area (Å²) < 4.78 is 5.22. The van der Waals surface area contributed by atoms with Gasteiger partial charge in [0.1, 0.15) is 10.8 Å². The topological polar surface area (TPSA) is 48.1 Å². The Hall–Kier alpha value is -2.33. The summed E-state index contributed by atoms with van der Waals surface area (Å²) in [5, 5.41) is 0.992. The molecule has 0 aliphatic rings. The van der Waals surface area contributed by atoms with E-state index in [1.165, 1.54) is 10.4 Å². The molecule has 0 aliphatic carbocycles. The molecule has 0 aliphatic heterocycles. The molecule has 0 radical (unpaired) electrons. The normalized spacial score (nSPS) is 10.7. The van der Waals surface area contributed by atoms with Crippen LogP contribution in [0.25, 0.3) is 21.8 Å². The molecular formula is C19H20N2OS. The molecule has 2 aromatic carbocycles. The molecule has 0 saturated heterocycles. The number of nitrogens with two attached hydrogens (primary N) is 1. The van der Waals surface area contributed by atoms with Gasteiger partial charge < -0.3 is 10.5 Å². The van der Waals surface area contributed by atoms with E-state index in [0.717, 1.165) is 28.2 Å². The van der Waals surface area contributed by atoms with Crippen LogP contribution in [0.3, 0.4) is 0 Å². The standard InChI is InChI=1S/C19H20N2OS/c1-4-17-18(13-7-5-12(2)6-8-13)21-19(23-17)14-9-10-16(22-3)15(20)11-14/h5-11H,4,20H2,1-3H3. The van der Waals surface area contributed by atoms with E-state index in [9.17, 15) is 0 Å². The molecule has 0 spiro atoms. The van der Waals surface area contributed by atoms with Crippen LogP contribution in [0.2, 0.25) is 0 Å². The molecule has 0 amide bonds. The lowest BCUT2D eigenvalue weighted by Gasteiger charge is -2.05. The van der Waals surface area contributed by atoms with Crippen LogP contribution < -0.4 is 10.5 Å². The highest BCUT2D eigenvalue weighted by Crippen LogP contribution is 2.36. The molecule has 3 rings (SSSR count). The van der Waals surface area contributed by atoms with E-state index in [2.05, 4.69) is 38.1 Å². The van der Waals surface area contributed by atoms with E-state index in [1.54, 1.807) is 18.4 Å². The first-order chi connectivity index (χ1) is 11.1. The number of hydrogen-bond donors (Lipinski definition) is 1. The van der Waals surface area contributed by atoms with Gasteiger partial charge in [-0.2, -0.15) is 0 Å². The second-order valence-electron chi connectivity index (χ2n) is 5.47. The molecule has 3 nitrogen and oxygen atoms in total. The average Bonchev–Trinajstić information content (AvgIpc) is 3.00. The number of anilines is 1. The summed E-state index contributed by atoms with van der Waals surface area (Å²) in [5.41, 5.74) is 11.2. The molecule has 2 N–H and O–H groups in total. The quantitative estimate of drug-likeness (QED) is 0.692.